The highest BCUT2D eigenvalue weighted by Crippen LogP contribution is 2.15. The average molecular weight is 329 g/mol. The molecule has 6 nitrogen and oxygen atoms in total. The van der Waals surface area contributed by atoms with Gasteiger partial charge in [0.25, 0.3) is 0 Å². The van der Waals surface area contributed by atoms with Crippen molar-refractivity contribution < 1.29 is 8.42 Å². The van der Waals surface area contributed by atoms with E-state index in [9.17, 15) is 8.42 Å². The quantitative estimate of drug-likeness (QED) is 0.833. The molecule has 1 N–H and O–H groups in total. The van der Waals surface area contributed by atoms with Crippen LogP contribution in [-0.4, -0.2) is 35.7 Å². The van der Waals surface area contributed by atoms with Crippen molar-refractivity contribution in [2.24, 2.45) is 0 Å². The summed E-state index contributed by atoms with van der Waals surface area (Å²) in [7, 11) is -3.35. The number of sulfone groups is 1. The second-order valence-electron chi connectivity index (χ2n) is 4.53. The fourth-order valence-electron chi connectivity index (χ4n) is 1.76. The predicted molar refractivity (Wildman–Crippen MR) is 80.9 cm³/mol. The van der Waals surface area contributed by atoms with Crippen LogP contribution in [0.3, 0.4) is 0 Å². The van der Waals surface area contributed by atoms with E-state index in [0.29, 0.717) is 11.6 Å². The minimum Gasteiger partial charge on any atom is -0.311 e. The molecular formula is C13H17ClN4O2S. The monoisotopic (exact) mass is 328 g/mol. The molecule has 21 heavy (non-hydrogen) atoms. The Morgan fingerprint density at radius 3 is 2.67 bits per heavy atom. The summed E-state index contributed by atoms with van der Waals surface area (Å²) in [6, 6.07) is 6.15. The molecule has 114 valence electrons. The maximum absolute atomic E-state index is 12.2. The van der Waals surface area contributed by atoms with Crippen LogP contribution in [0.1, 0.15) is 12.6 Å². The fraction of sp³-hybridized carbons (Fsp3) is 0.385. The summed E-state index contributed by atoms with van der Waals surface area (Å²) in [5, 5.41) is 11.5. The largest absolute Gasteiger partial charge is 0.311 e. The smallest absolute Gasteiger partial charge is 0.180 e. The van der Waals surface area contributed by atoms with Crippen LogP contribution in [-0.2, 0) is 22.9 Å². The lowest BCUT2D eigenvalue weighted by Crippen LogP contribution is -2.14. The lowest BCUT2D eigenvalue weighted by Gasteiger charge is -2.04. The standard InChI is InChI=1S/C13H17ClN4O2S/c1-2-15-9-12-10-18(17-16-12)7-8-21(19,20)13-5-3-11(14)4-6-13/h3-6,10,15H,2,7-9H2,1H3. The molecule has 0 saturated carbocycles. The number of nitrogens with zero attached hydrogens (tertiary/aromatic N) is 3. The van der Waals surface area contributed by atoms with Crippen molar-refractivity contribution >= 4 is 21.4 Å². The molecule has 0 aliphatic heterocycles. The van der Waals surface area contributed by atoms with Crippen LogP contribution in [0.25, 0.3) is 0 Å². The number of rotatable bonds is 7. The summed E-state index contributed by atoms with van der Waals surface area (Å²) in [6.07, 6.45) is 1.75. The van der Waals surface area contributed by atoms with Gasteiger partial charge in [-0.15, -0.1) is 5.10 Å². The van der Waals surface area contributed by atoms with Crippen molar-refractivity contribution in [1.82, 2.24) is 20.3 Å². The molecule has 0 aliphatic rings. The molecule has 1 aromatic heterocycles. The first-order valence-electron chi connectivity index (χ1n) is 6.59. The van der Waals surface area contributed by atoms with Gasteiger partial charge in [0, 0.05) is 17.8 Å². The highest BCUT2D eigenvalue weighted by Gasteiger charge is 2.14. The second-order valence-corrected chi connectivity index (χ2v) is 7.07. The zero-order chi connectivity index (χ0) is 15.3. The molecular weight excluding hydrogens is 312 g/mol. The van der Waals surface area contributed by atoms with Gasteiger partial charge in [0.2, 0.25) is 0 Å². The van der Waals surface area contributed by atoms with Crippen molar-refractivity contribution in [2.75, 3.05) is 12.3 Å². The van der Waals surface area contributed by atoms with Gasteiger partial charge in [0.15, 0.2) is 9.84 Å². The van der Waals surface area contributed by atoms with Gasteiger partial charge < -0.3 is 5.32 Å². The van der Waals surface area contributed by atoms with Gasteiger partial charge >= 0.3 is 0 Å². The van der Waals surface area contributed by atoms with E-state index in [1.54, 1.807) is 23.0 Å². The molecule has 0 bridgehead atoms. The van der Waals surface area contributed by atoms with Gasteiger partial charge in [-0.1, -0.05) is 23.7 Å². The van der Waals surface area contributed by atoms with Crippen LogP contribution >= 0.6 is 11.6 Å². The third-order valence-corrected chi connectivity index (χ3v) is 4.87. The van der Waals surface area contributed by atoms with E-state index in [1.165, 1.54) is 12.1 Å². The molecule has 1 heterocycles. The number of halogens is 1. The number of hydrogen-bond donors (Lipinski definition) is 1. The van der Waals surface area contributed by atoms with Gasteiger partial charge in [0.05, 0.1) is 22.9 Å². The van der Waals surface area contributed by atoms with E-state index in [0.717, 1.165) is 12.2 Å². The lowest BCUT2D eigenvalue weighted by molar-refractivity contribution is 0.575. The first kappa shape index (κ1) is 15.9. The lowest BCUT2D eigenvalue weighted by atomic mass is 10.4. The zero-order valence-corrected chi connectivity index (χ0v) is 13.2. The molecule has 0 amide bonds. The molecule has 8 heteroatoms. The molecule has 0 unspecified atom stereocenters. The van der Waals surface area contributed by atoms with Gasteiger partial charge in [-0.3, -0.25) is 4.68 Å². The van der Waals surface area contributed by atoms with Gasteiger partial charge in [-0.05, 0) is 30.8 Å². The summed E-state index contributed by atoms with van der Waals surface area (Å²) in [6.45, 7) is 3.74. The van der Waals surface area contributed by atoms with E-state index in [4.69, 9.17) is 11.6 Å². The number of aromatic nitrogens is 3. The molecule has 0 saturated heterocycles. The summed E-state index contributed by atoms with van der Waals surface area (Å²) in [5.74, 6) is -0.0291. The Balaban J connectivity index is 1.98. The number of nitrogens with one attached hydrogen (secondary N) is 1. The number of benzene rings is 1. The Labute approximate surface area is 129 Å². The maximum atomic E-state index is 12.2. The van der Waals surface area contributed by atoms with E-state index >= 15 is 0 Å². The summed E-state index contributed by atoms with van der Waals surface area (Å²) >= 11 is 5.76. The minimum absolute atomic E-state index is 0.0291. The molecule has 2 rings (SSSR count). The van der Waals surface area contributed by atoms with E-state index < -0.39 is 9.84 Å². The van der Waals surface area contributed by atoms with Crippen LogP contribution in [0.4, 0.5) is 0 Å². The molecule has 2 aromatic rings. The first-order valence-corrected chi connectivity index (χ1v) is 8.62. The van der Waals surface area contributed by atoms with Crippen molar-refractivity contribution in [3.05, 3.63) is 41.2 Å². The third-order valence-electron chi connectivity index (χ3n) is 2.90. The van der Waals surface area contributed by atoms with Crippen molar-refractivity contribution in [1.29, 1.82) is 0 Å². The Morgan fingerprint density at radius 1 is 1.29 bits per heavy atom. The average Bonchev–Trinajstić information content (AvgIpc) is 2.91. The maximum Gasteiger partial charge on any atom is 0.180 e. The highest BCUT2D eigenvalue weighted by molar-refractivity contribution is 7.91. The van der Waals surface area contributed by atoms with Gasteiger partial charge in [0.1, 0.15) is 0 Å². The minimum atomic E-state index is -3.35. The van der Waals surface area contributed by atoms with Gasteiger partial charge in [-0.25, -0.2) is 8.42 Å². The second kappa shape index (κ2) is 7.02. The predicted octanol–water partition coefficient (Wildman–Crippen LogP) is 1.51. The molecule has 0 fully saturated rings. The van der Waals surface area contributed by atoms with Crippen molar-refractivity contribution in [3.8, 4) is 0 Å². The van der Waals surface area contributed by atoms with E-state index in [2.05, 4.69) is 15.6 Å². The number of hydrogen-bond acceptors (Lipinski definition) is 5. The van der Waals surface area contributed by atoms with Crippen molar-refractivity contribution in [3.63, 3.8) is 0 Å². The van der Waals surface area contributed by atoms with Crippen LogP contribution in [0.2, 0.25) is 5.02 Å². The fourth-order valence-corrected chi connectivity index (χ4v) is 3.10. The summed E-state index contributed by atoms with van der Waals surface area (Å²) < 4.78 is 25.9. The molecule has 0 radical (unpaired) electrons. The molecule has 1 aromatic carbocycles. The van der Waals surface area contributed by atoms with Crippen molar-refractivity contribution in [2.45, 2.75) is 24.9 Å². The third kappa shape index (κ3) is 4.52. The zero-order valence-electron chi connectivity index (χ0n) is 11.7. The topological polar surface area (TPSA) is 76.9 Å². The SMILES string of the molecule is CCNCc1cn(CCS(=O)(=O)c2ccc(Cl)cc2)nn1. The summed E-state index contributed by atoms with van der Waals surface area (Å²) in [4.78, 5) is 0.264. The first-order chi connectivity index (χ1) is 10.0. The van der Waals surface area contributed by atoms with Crippen LogP contribution < -0.4 is 5.32 Å². The van der Waals surface area contributed by atoms with E-state index in [1.807, 2.05) is 6.92 Å². The molecule has 0 spiro atoms. The van der Waals surface area contributed by atoms with Crippen LogP contribution in [0.5, 0.6) is 0 Å². The summed E-state index contributed by atoms with van der Waals surface area (Å²) in [5.41, 5.74) is 0.792. The Morgan fingerprint density at radius 2 is 2.00 bits per heavy atom. The molecule has 0 aliphatic carbocycles. The Kier molecular flexibility index (Phi) is 5.33. The van der Waals surface area contributed by atoms with Crippen LogP contribution in [0.15, 0.2) is 35.4 Å². The Hall–Kier alpha value is -1.44. The Bertz CT molecular complexity index is 682. The number of aryl methyl sites for hydroxylation is 1. The van der Waals surface area contributed by atoms with Crippen LogP contribution in [0, 0.1) is 0 Å². The molecule has 0 atom stereocenters. The van der Waals surface area contributed by atoms with Gasteiger partial charge in [-0.2, -0.15) is 0 Å². The highest BCUT2D eigenvalue weighted by atomic mass is 35.5. The van der Waals surface area contributed by atoms with E-state index in [-0.39, 0.29) is 17.2 Å². The normalized spacial score (nSPS) is 11.7.